The van der Waals surface area contributed by atoms with Gasteiger partial charge in [-0.15, -0.1) is 0 Å². The summed E-state index contributed by atoms with van der Waals surface area (Å²) in [5.74, 6) is 0. The normalized spacial score (nSPS) is 20.3. The van der Waals surface area contributed by atoms with Crippen LogP contribution in [0.4, 0.5) is 10.5 Å². The molecule has 0 aromatic heterocycles. The lowest BCUT2D eigenvalue weighted by Crippen LogP contribution is -2.48. The van der Waals surface area contributed by atoms with Crippen molar-refractivity contribution in [2.45, 2.75) is 62.3 Å². The Bertz CT molecular complexity index is 690. The molecule has 0 unspecified atom stereocenters. The lowest BCUT2D eigenvalue weighted by molar-refractivity contribution is -0.247. The summed E-state index contributed by atoms with van der Waals surface area (Å²) in [6.45, 7) is 1.11. The van der Waals surface area contributed by atoms with E-state index in [1.54, 1.807) is 12.1 Å². The molecular weight excluding hydrogens is 340 g/mol. The van der Waals surface area contributed by atoms with Crippen LogP contribution in [0.1, 0.15) is 51.4 Å². The number of rotatable bonds is 4. The number of carboxylic acid groups (broad SMARTS) is 1. The highest BCUT2D eigenvalue weighted by atomic mass is 32.2. The third-order valence-electron chi connectivity index (χ3n) is 5.20. The van der Waals surface area contributed by atoms with Crippen LogP contribution in [0.2, 0.25) is 0 Å². The smallest absolute Gasteiger partial charge is 0.243 e. The van der Waals surface area contributed by atoms with Crippen molar-refractivity contribution in [1.29, 1.82) is 0 Å². The van der Waals surface area contributed by atoms with E-state index in [1.807, 2.05) is 0 Å². The molecule has 0 bridgehead atoms. The summed E-state index contributed by atoms with van der Waals surface area (Å²) >= 11 is 0. The van der Waals surface area contributed by atoms with Crippen molar-refractivity contribution >= 4 is 21.8 Å². The molecule has 1 aromatic carbocycles. The second-order valence-corrected chi connectivity index (χ2v) is 8.82. The van der Waals surface area contributed by atoms with Crippen LogP contribution < -0.4 is 10.0 Å². The molecule has 1 aliphatic heterocycles. The Morgan fingerprint density at radius 2 is 1.52 bits per heavy atom. The average Bonchev–Trinajstić information content (AvgIpc) is 2.64. The highest BCUT2D eigenvalue weighted by molar-refractivity contribution is 7.89. The summed E-state index contributed by atoms with van der Waals surface area (Å²) in [5, 5.41) is 11.6. The molecule has 25 heavy (non-hydrogen) atoms. The van der Waals surface area contributed by atoms with Gasteiger partial charge in [0.05, 0.1) is 4.90 Å². The number of piperidine rings is 1. The molecule has 0 spiro atoms. The van der Waals surface area contributed by atoms with E-state index in [4.69, 9.17) is 0 Å². The van der Waals surface area contributed by atoms with Crippen LogP contribution in [0.3, 0.4) is 0 Å². The van der Waals surface area contributed by atoms with Crippen molar-refractivity contribution in [1.82, 2.24) is 4.31 Å². The molecule has 7 heteroatoms. The zero-order valence-corrected chi connectivity index (χ0v) is 15.2. The van der Waals surface area contributed by atoms with E-state index < -0.39 is 16.1 Å². The van der Waals surface area contributed by atoms with E-state index in [0.717, 1.165) is 51.4 Å². The number of hydrogen-bond acceptors (Lipinski definition) is 4. The van der Waals surface area contributed by atoms with Crippen LogP contribution in [0.25, 0.3) is 0 Å². The van der Waals surface area contributed by atoms with Crippen LogP contribution in [0.5, 0.6) is 0 Å². The lowest BCUT2D eigenvalue weighted by atomic mass is 9.94. The van der Waals surface area contributed by atoms with Gasteiger partial charge in [0, 0.05) is 24.8 Å². The van der Waals surface area contributed by atoms with Crippen LogP contribution in [0.15, 0.2) is 29.2 Å². The van der Waals surface area contributed by atoms with E-state index in [9.17, 15) is 18.3 Å². The SMILES string of the molecule is O=C([O-])N(c1ccc(S(=O)(=O)N2CCCCC2)cc1)C1CCCCC1. The molecule has 3 rings (SSSR count). The fraction of sp³-hybridized carbons (Fsp3) is 0.611. The molecule has 2 aliphatic rings. The van der Waals surface area contributed by atoms with Gasteiger partial charge in [0.2, 0.25) is 10.0 Å². The average molecular weight is 365 g/mol. The predicted molar refractivity (Wildman–Crippen MR) is 93.8 cm³/mol. The molecule has 2 fully saturated rings. The van der Waals surface area contributed by atoms with Crippen LogP contribution in [-0.4, -0.2) is 37.9 Å². The maximum absolute atomic E-state index is 12.7. The fourth-order valence-corrected chi connectivity index (χ4v) is 5.35. The third-order valence-corrected chi connectivity index (χ3v) is 7.12. The Morgan fingerprint density at radius 3 is 2.08 bits per heavy atom. The fourth-order valence-electron chi connectivity index (χ4n) is 3.84. The van der Waals surface area contributed by atoms with Crippen LogP contribution in [0, 0.1) is 0 Å². The zero-order chi connectivity index (χ0) is 17.9. The molecule has 138 valence electrons. The van der Waals surface area contributed by atoms with Gasteiger partial charge >= 0.3 is 0 Å². The second kappa shape index (κ2) is 7.74. The quantitative estimate of drug-likeness (QED) is 0.820. The van der Waals surface area contributed by atoms with Gasteiger partial charge in [-0.1, -0.05) is 25.7 Å². The first kappa shape index (κ1) is 18.2. The standard InChI is InChI=1S/C18H26N2O4S/c21-18(22)20(15-7-3-1-4-8-15)16-9-11-17(12-10-16)25(23,24)19-13-5-2-6-14-19/h9-12,15H,1-8,13-14H2,(H,21,22)/p-1. The molecule has 0 radical (unpaired) electrons. The molecule has 1 saturated carbocycles. The van der Waals surface area contributed by atoms with Crippen molar-refractivity contribution in [3.8, 4) is 0 Å². The number of carbonyl (C=O) groups excluding carboxylic acids is 1. The lowest BCUT2D eigenvalue weighted by Gasteiger charge is -2.36. The Labute approximate surface area is 149 Å². The molecule has 1 saturated heterocycles. The predicted octanol–water partition coefficient (Wildman–Crippen LogP) is 2.34. The molecular formula is C18H25N2O4S-. The van der Waals surface area contributed by atoms with Crippen LogP contribution >= 0.6 is 0 Å². The van der Waals surface area contributed by atoms with E-state index in [2.05, 4.69) is 0 Å². The molecule has 1 aromatic rings. The molecule has 1 heterocycles. The largest absolute Gasteiger partial charge is 0.530 e. The number of anilines is 1. The minimum absolute atomic E-state index is 0.0803. The first-order valence-electron chi connectivity index (χ1n) is 9.10. The maximum atomic E-state index is 12.7. The van der Waals surface area contributed by atoms with Crippen molar-refractivity contribution in [2.24, 2.45) is 0 Å². The summed E-state index contributed by atoms with van der Waals surface area (Å²) < 4.78 is 26.9. The van der Waals surface area contributed by atoms with Gasteiger partial charge in [0.25, 0.3) is 0 Å². The highest BCUT2D eigenvalue weighted by Crippen LogP contribution is 2.29. The first-order chi connectivity index (χ1) is 12.0. The van der Waals surface area contributed by atoms with Gasteiger partial charge in [-0.25, -0.2) is 8.42 Å². The molecule has 1 aliphatic carbocycles. The number of carbonyl (C=O) groups is 1. The van der Waals surface area contributed by atoms with Crippen molar-refractivity contribution in [3.63, 3.8) is 0 Å². The monoisotopic (exact) mass is 365 g/mol. The van der Waals surface area contributed by atoms with E-state index in [-0.39, 0.29) is 10.9 Å². The van der Waals surface area contributed by atoms with Gasteiger partial charge in [0.1, 0.15) is 6.09 Å². The third kappa shape index (κ3) is 3.98. The first-order valence-corrected chi connectivity index (χ1v) is 10.5. The second-order valence-electron chi connectivity index (χ2n) is 6.89. The summed E-state index contributed by atoms with van der Waals surface area (Å²) in [7, 11) is -3.50. The Morgan fingerprint density at radius 1 is 0.960 bits per heavy atom. The Kier molecular flexibility index (Phi) is 5.64. The van der Waals surface area contributed by atoms with Gasteiger partial charge < -0.3 is 14.8 Å². The maximum Gasteiger partial charge on any atom is 0.243 e. The Balaban J connectivity index is 1.81. The van der Waals surface area contributed by atoms with Crippen molar-refractivity contribution in [3.05, 3.63) is 24.3 Å². The highest BCUT2D eigenvalue weighted by Gasteiger charge is 2.27. The van der Waals surface area contributed by atoms with Crippen molar-refractivity contribution < 1.29 is 18.3 Å². The number of sulfonamides is 1. The minimum Gasteiger partial charge on any atom is -0.530 e. The number of amides is 1. The minimum atomic E-state index is -3.50. The summed E-state index contributed by atoms with van der Waals surface area (Å²) in [6.07, 6.45) is 6.40. The zero-order valence-electron chi connectivity index (χ0n) is 14.4. The summed E-state index contributed by atoms with van der Waals surface area (Å²) in [5.41, 5.74) is 0.490. The van der Waals surface area contributed by atoms with Gasteiger partial charge in [-0.05, 0) is 49.9 Å². The van der Waals surface area contributed by atoms with E-state index >= 15 is 0 Å². The van der Waals surface area contributed by atoms with Gasteiger partial charge in [-0.3, -0.25) is 0 Å². The molecule has 1 amide bonds. The van der Waals surface area contributed by atoms with Gasteiger partial charge in [0.15, 0.2) is 0 Å². The van der Waals surface area contributed by atoms with E-state index in [1.165, 1.54) is 21.3 Å². The number of nitrogens with zero attached hydrogens (tertiary/aromatic N) is 2. The van der Waals surface area contributed by atoms with E-state index in [0.29, 0.717) is 18.8 Å². The Hall–Kier alpha value is -1.60. The number of benzene rings is 1. The van der Waals surface area contributed by atoms with Gasteiger partial charge in [-0.2, -0.15) is 4.31 Å². The number of hydrogen-bond donors (Lipinski definition) is 0. The molecule has 0 N–H and O–H groups in total. The summed E-state index contributed by atoms with van der Waals surface area (Å²) in [4.78, 5) is 13.1. The molecule has 0 atom stereocenters. The van der Waals surface area contributed by atoms with Crippen LogP contribution in [-0.2, 0) is 10.0 Å². The topological polar surface area (TPSA) is 80.7 Å². The molecule has 6 nitrogen and oxygen atoms in total. The summed E-state index contributed by atoms with van der Waals surface area (Å²) in [6, 6.07) is 6.11. The van der Waals surface area contributed by atoms with Crippen molar-refractivity contribution in [2.75, 3.05) is 18.0 Å².